The van der Waals surface area contributed by atoms with Crippen LogP contribution >= 0.6 is 11.3 Å². The monoisotopic (exact) mass is 474 g/mol. The highest BCUT2D eigenvalue weighted by atomic mass is 32.1. The van der Waals surface area contributed by atoms with Crippen LogP contribution in [0.1, 0.15) is 64.5 Å². The topological polar surface area (TPSA) is 58.7 Å². The molecule has 2 aromatic carbocycles. The summed E-state index contributed by atoms with van der Waals surface area (Å²) in [5.74, 6) is -0.991. The first-order valence-corrected chi connectivity index (χ1v) is 11.2. The standard InChI is InChI=1S/C25H22F3NO3S/c1-14(2)24-18-8-7-17(25(26,27)28)13-22(18)33-21(24)10-9-20(30)16-5-4-15(6-11-23(31)32)19(12-16)29-3/h3-5,7-8,12-14H,6,9-11H2,1-2H3/p+1. The summed E-state index contributed by atoms with van der Waals surface area (Å²) in [7, 11) is 0. The Bertz CT molecular complexity index is 1250. The summed E-state index contributed by atoms with van der Waals surface area (Å²) in [5, 5.41) is 9.65. The molecule has 33 heavy (non-hydrogen) atoms. The number of alkyl halides is 3. The van der Waals surface area contributed by atoms with Gasteiger partial charge in [0.1, 0.15) is 0 Å². The zero-order valence-electron chi connectivity index (χ0n) is 18.2. The van der Waals surface area contributed by atoms with E-state index in [1.165, 1.54) is 23.5 Å². The van der Waals surface area contributed by atoms with E-state index in [0.29, 0.717) is 27.9 Å². The van der Waals surface area contributed by atoms with Crippen LogP contribution in [0.5, 0.6) is 0 Å². The molecule has 1 N–H and O–H groups in total. The van der Waals surface area contributed by atoms with Crippen LogP contribution in [0.15, 0.2) is 36.4 Å². The first-order valence-electron chi connectivity index (χ1n) is 10.4. The Morgan fingerprint density at radius 1 is 1.09 bits per heavy atom. The minimum atomic E-state index is -4.41. The fourth-order valence-corrected chi connectivity index (χ4v) is 5.24. The molecule has 0 aliphatic rings. The Kier molecular flexibility index (Phi) is 7.23. The van der Waals surface area contributed by atoms with Crippen LogP contribution in [0, 0.1) is 6.57 Å². The van der Waals surface area contributed by atoms with Crippen LogP contribution in [-0.2, 0) is 23.8 Å². The van der Waals surface area contributed by atoms with Gasteiger partial charge >= 0.3 is 17.8 Å². The summed E-state index contributed by atoms with van der Waals surface area (Å²) < 4.78 is 39.9. The number of fused-ring (bicyclic) bond motifs is 1. The number of carbonyl (C=O) groups excluding carboxylic acids is 1. The van der Waals surface area contributed by atoms with Crippen molar-refractivity contribution in [3.8, 4) is 6.57 Å². The number of carboxylic acids is 1. The Labute approximate surface area is 193 Å². The highest BCUT2D eigenvalue weighted by molar-refractivity contribution is 7.19. The number of hydrogen-bond acceptors (Lipinski definition) is 3. The van der Waals surface area contributed by atoms with E-state index in [-0.39, 0.29) is 31.0 Å². The molecule has 0 amide bonds. The number of Topliss-reactive ketones (excluding diaryl/α,β-unsaturated/α-hetero) is 1. The molecule has 1 heterocycles. The minimum absolute atomic E-state index is 0.0736. The maximum Gasteiger partial charge on any atom is 0.416 e. The molecule has 3 aromatic rings. The molecule has 1 aromatic heterocycles. The predicted molar refractivity (Wildman–Crippen MR) is 124 cm³/mol. The zero-order chi connectivity index (χ0) is 24.3. The van der Waals surface area contributed by atoms with Crippen molar-refractivity contribution in [1.82, 2.24) is 0 Å². The van der Waals surface area contributed by atoms with Gasteiger partial charge in [-0.05, 0) is 46.7 Å². The maximum absolute atomic E-state index is 13.1. The van der Waals surface area contributed by atoms with Gasteiger partial charge < -0.3 is 5.11 Å². The second-order valence-electron chi connectivity index (χ2n) is 8.09. The van der Waals surface area contributed by atoms with Crippen molar-refractivity contribution >= 4 is 38.9 Å². The van der Waals surface area contributed by atoms with Crippen LogP contribution in [0.25, 0.3) is 14.9 Å². The molecule has 8 heteroatoms. The van der Waals surface area contributed by atoms with Crippen molar-refractivity contribution < 1.29 is 27.9 Å². The van der Waals surface area contributed by atoms with Gasteiger partial charge in [-0.25, -0.2) is 0 Å². The average Bonchev–Trinajstić information content (AvgIpc) is 3.13. The van der Waals surface area contributed by atoms with Gasteiger partial charge in [0.25, 0.3) is 6.57 Å². The Balaban J connectivity index is 1.83. The number of benzene rings is 2. The largest absolute Gasteiger partial charge is 0.481 e. The number of thiophene rings is 1. The molecule has 4 nitrogen and oxygen atoms in total. The Morgan fingerprint density at radius 3 is 2.42 bits per heavy atom. The van der Waals surface area contributed by atoms with Gasteiger partial charge in [-0.1, -0.05) is 32.0 Å². The quantitative estimate of drug-likeness (QED) is 0.345. The molecule has 0 atom stereocenters. The number of rotatable bonds is 8. The van der Waals surface area contributed by atoms with Crippen LogP contribution in [-0.4, -0.2) is 16.9 Å². The molecule has 0 saturated heterocycles. The van der Waals surface area contributed by atoms with Gasteiger partial charge in [0.05, 0.1) is 5.56 Å². The summed E-state index contributed by atoms with van der Waals surface area (Å²) >= 11 is 1.29. The van der Waals surface area contributed by atoms with Crippen LogP contribution < -0.4 is 0 Å². The van der Waals surface area contributed by atoms with Crippen LogP contribution in [0.4, 0.5) is 18.9 Å². The van der Waals surface area contributed by atoms with E-state index in [0.717, 1.165) is 21.9 Å². The smallest absolute Gasteiger partial charge is 0.416 e. The van der Waals surface area contributed by atoms with Crippen LogP contribution in [0.2, 0.25) is 0 Å². The summed E-state index contributed by atoms with van der Waals surface area (Å²) in [6, 6.07) is 8.60. The number of ketones is 1. The van der Waals surface area contributed by atoms with E-state index < -0.39 is 17.7 Å². The molecule has 0 aliphatic heterocycles. The van der Waals surface area contributed by atoms with Crippen molar-refractivity contribution in [3.63, 3.8) is 0 Å². The van der Waals surface area contributed by atoms with Crippen molar-refractivity contribution in [2.24, 2.45) is 0 Å². The fourth-order valence-electron chi connectivity index (χ4n) is 3.84. The molecule has 0 aliphatic carbocycles. The number of aryl methyl sites for hydroxylation is 2. The first-order chi connectivity index (χ1) is 15.5. The van der Waals surface area contributed by atoms with E-state index >= 15 is 0 Å². The summed E-state index contributed by atoms with van der Waals surface area (Å²) in [5.41, 5.74) is 1.70. The summed E-state index contributed by atoms with van der Waals surface area (Å²) in [6.07, 6.45) is -3.65. The van der Waals surface area contributed by atoms with Gasteiger partial charge in [-0.15, -0.1) is 11.3 Å². The molecule has 0 fully saturated rings. The third-order valence-electron chi connectivity index (χ3n) is 5.44. The number of halogens is 3. The number of hydrogen-bond donors (Lipinski definition) is 1. The molecule has 0 spiro atoms. The molecule has 172 valence electrons. The van der Waals surface area contributed by atoms with Gasteiger partial charge in [0.2, 0.25) is 0 Å². The molecule has 0 radical (unpaired) electrons. The number of aliphatic carboxylic acids is 1. The van der Waals surface area contributed by atoms with E-state index in [1.807, 2.05) is 13.8 Å². The Hall–Kier alpha value is -3.18. The average molecular weight is 475 g/mol. The van der Waals surface area contributed by atoms with E-state index in [4.69, 9.17) is 11.7 Å². The Morgan fingerprint density at radius 2 is 1.82 bits per heavy atom. The molecule has 0 bridgehead atoms. The predicted octanol–water partition coefficient (Wildman–Crippen LogP) is 7.47. The third-order valence-corrected chi connectivity index (χ3v) is 6.67. The van der Waals surface area contributed by atoms with Crippen molar-refractivity contribution in [3.05, 3.63) is 68.4 Å². The fraction of sp³-hybridized carbons (Fsp3) is 0.320. The van der Waals surface area contributed by atoms with Crippen LogP contribution in [0.3, 0.4) is 0 Å². The highest BCUT2D eigenvalue weighted by Gasteiger charge is 2.31. The van der Waals surface area contributed by atoms with Crippen molar-refractivity contribution in [2.45, 2.75) is 51.6 Å². The third kappa shape index (κ3) is 5.60. The maximum atomic E-state index is 13.1. The summed E-state index contributed by atoms with van der Waals surface area (Å²) in [6.45, 7) is 9.38. The molecule has 3 rings (SSSR count). The molecular weight excluding hydrogens is 451 g/mol. The molecule has 0 saturated carbocycles. The van der Waals surface area contributed by atoms with Gasteiger partial charge in [-0.2, -0.15) is 13.2 Å². The second kappa shape index (κ2) is 9.75. The lowest BCUT2D eigenvalue weighted by Crippen LogP contribution is -2.04. The van der Waals surface area contributed by atoms with Gasteiger partial charge in [0.15, 0.2) is 5.78 Å². The van der Waals surface area contributed by atoms with E-state index in [1.54, 1.807) is 18.2 Å². The molecule has 0 unspecified atom stereocenters. The lowest BCUT2D eigenvalue weighted by Gasteiger charge is -2.09. The normalized spacial score (nSPS) is 11.7. The lowest BCUT2D eigenvalue weighted by molar-refractivity contribution is -0.138. The number of carboxylic acid groups (broad SMARTS) is 1. The zero-order valence-corrected chi connectivity index (χ0v) is 19.0. The van der Waals surface area contributed by atoms with Gasteiger partial charge in [-0.3, -0.25) is 9.59 Å². The highest BCUT2D eigenvalue weighted by Crippen LogP contribution is 2.40. The molecular formula is C25H23F3NO3S+. The number of carbonyl (C=O) groups is 2. The van der Waals surface area contributed by atoms with Crippen molar-refractivity contribution in [1.29, 1.82) is 0 Å². The van der Waals surface area contributed by atoms with E-state index in [9.17, 15) is 22.8 Å². The number of nitrogens with zero attached hydrogens (tertiary/aromatic N) is 1. The summed E-state index contributed by atoms with van der Waals surface area (Å²) in [4.78, 5) is 28.2. The van der Waals surface area contributed by atoms with Crippen molar-refractivity contribution in [2.75, 3.05) is 0 Å². The van der Waals surface area contributed by atoms with E-state index in [2.05, 4.69) is 4.85 Å². The second-order valence-corrected chi connectivity index (χ2v) is 9.23. The first kappa shape index (κ1) is 24.5. The SMILES string of the molecule is C#[N+]c1cc(C(=O)CCc2sc3cc(C(F)(F)F)ccc3c2C(C)C)ccc1CCC(=O)O. The lowest BCUT2D eigenvalue weighted by atomic mass is 9.95. The van der Waals surface area contributed by atoms with Gasteiger partial charge in [0, 0.05) is 39.6 Å². The minimum Gasteiger partial charge on any atom is -0.481 e.